The van der Waals surface area contributed by atoms with Crippen LogP contribution in [0, 0.1) is 0 Å². The number of hydrogen-bond acceptors (Lipinski definition) is 5. The maximum atomic E-state index is 12.8. The molecule has 1 heterocycles. The second kappa shape index (κ2) is 9.48. The van der Waals surface area contributed by atoms with Gasteiger partial charge in [-0.1, -0.05) is 48.5 Å². The van der Waals surface area contributed by atoms with Gasteiger partial charge in [-0.15, -0.1) is 0 Å². The number of carbonyl (C=O) groups excluding carboxylic acids is 1. The summed E-state index contributed by atoms with van der Waals surface area (Å²) in [6.07, 6.45) is 1.68. The molecule has 4 aromatic rings. The van der Waals surface area contributed by atoms with Crippen LogP contribution in [0.3, 0.4) is 0 Å². The highest BCUT2D eigenvalue weighted by molar-refractivity contribution is 6.07. The summed E-state index contributed by atoms with van der Waals surface area (Å²) in [7, 11) is 6.54. The molecule has 0 unspecified atom stereocenters. The van der Waals surface area contributed by atoms with Crippen LogP contribution in [0.25, 0.3) is 22.2 Å². The van der Waals surface area contributed by atoms with E-state index in [1.807, 2.05) is 43.4 Å². The molecular formula is C26H25N3O4. The Balaban J connectivity index is 1.68. The van der Waals surface area contributed by atoms with E-state index in [-0.39, 0.29) is 0 Å². The van der Waals surface area contributed by atoms with Crippen LogP contribution in [0.2, 0.25) is 0 Å². The van der Waals surface area contributed by atoms with Crippen molar-refractivity contribution in [2.24, 2.45) is 12.1 Å². The van der Waals surface area contributed by atoms with Gasteiger partial charge in [0.2, 0.25) is 5.75 Å². The quantitative estimate of drug-likeness (QED) is 0.334. The molecule has 1 N–H and O–H groups in total. The lowest BCUT2D eigenvalue weighted by Crippen LogP contribution is -2.18. The number of methoxy groups -OCH3 is 3. The van der Waals surface area contributed by atoms with Crippen molar-refractivity contribution in [3.63, 3.8) is 0 Å². The minimum absolute atomic E-state index is 0.336. The predicted molar refractivity (Wildman–Crippen MR) is 130 cm³/mol. The Morgan fingerprint density at radius 3 is 2.18 bits per heavy atom. The minimum atomic E-state index is -0.396. The molecule has 7 nitrogen and oxygen atoms in total. The van der Waals surface area contributed by atoms with Gasteiger partial charge in [-0.05, 0) is 23.8 Å². The molecular weight excluding hydrogens is 418 g/mol. The SMILES string of the molecule is COc1cc(C(=O)NN=Cc2c(-c3ccccc3)n(C)c3ccccc23)cc(OC)c1OC. The number of nitrogens with one attached hydrogen (secondary N) is 1. The van der Waals surface area contributed by atoms with Gasteiger partial charge in [-0.25, -0.2) is 5.43 Å². The maximum Gasteiger partial charge on any atom is 0.271 e. The van der Waals surface area contributed by atoms with Gasteiger partial charge in [-0.3, -0.25) is 4.79 Å². The van der Waals surface area contributed by atoms with E-state index in [1.54, 1.807) is 18.3 Å². The Labute approximate surface area is 192 Å². The van der Waals surface area contributed by atoms with E-state index in [1.165, 1.54) is 21.3 Å². The lowest BCUT2D eigenvalue weighted by molar-refractivity contribution is 0.0954. The summed E-state index contributed by atoms with van der Waals surface area (Å²) in [4.78, 5) is 12.8. The number of hydrazone groups is 1. The summed E-state index contributed by atoms with van der Waals surface area (Å²) in [6.45, 7) is 0. The lowest BCUT2D eigenvalue weighted by Gasteiger charge is -2.13. The molecule has 4 rings (SSSR count). The summed E-state index contributed by atoms with van der Waals surface area (Å²) in [5.74, 6) is 0.813. The van der Waals surface area contributed by atoms with Crippen molar-refractivity contribution in [1.82, 2.24) is 9.99 Å². The number of benzene rings is 3. The topological polar surface area (TPSA) is 74.1 Å². The summed E-state index contributed by atoms with van der Waals surface area (Å²) < 4.78 is 18.1. The standard InChI is InChI=1S/C26H25N3O4/c1-29-21-13-9-8-12-19(21)20(24(29)17-10-6-5-7-11-17)16-27-28-26(30)18-14-22(31-2)25(33-4)23(15-18)32-3/h5-16H,1-4H3,(H,28,30). The average molecular weight is 444 g/mol. The van der Waals surface area contributed by atoms with Crippen molar-refractivity contribution in [2.45, 2.75) is 0 Å². The van der Waals surface area contributed by atoms with E-state index in [0.29, 0.717) is 22.8 Å². The van der Waals surface area contributed by atoms with Gasteiger partial charge in [0.25, 0.3) is 5.91 Å². The maximum absolute atomic E-state index is 12.8. The largest absolute Gasteiger partial charge is 0.493 e. The van der Waals surface area contributed by atoms with Crippen LogP contribution in [0.1, 0.15) is 15.9 Å². The Bertz CT molecular complexity index is 1300. The highest BCUT2D eigenvalue weighted by Gasteiger charge is 2.18. The number of ether oxygens (including phenoxy) is 3. The third kappa shape index (κ3) is 4.13. The summed E-state index contributed by atoms with van der Waals surface area (Å²) in [5.41, 5.74) is 7.02. The third-order valence-electron chi connectivity index (χ3n) is 5.48. The molecule has 0 saturated heterocycles. The van der Waals surface area contributed by atoms with Crippen molar-refractivity contribution < 1.29 is 19.0 Å². The Morgan fingerprint density at radius 1 is 0.909 bits per heavy atom. The molecule has 0 radical (unpaired) electrons. The number of carbonyl (C=O) groups is 1. The summed E-state index contributed by atoms with van der Waals surface area (Å²) in [6, 6.07) is 21.4. The Hall–Kier alpha value is -4.26. The molecule has 168 valence electrons. The smallest absolute Gasteiger partial charge is 0.271 e. The number of para-hydroxylation sites is 1. The highest BCUT2D eigenvalue weighted by Crippen LogP contribution is 2.38. The molecule has 0 spiro atoms. The van der Waals surface area contributed by atoms with Crippen LogP contribution >= 0.6 is 0 Å². The number of hydrogen-bond donors (Lipinski definition) is 1. The fourth-order valence-corrected chi connectivity index (χ4v) is 3.93. The molecule has 0 atom stereocenters. The van der Waals surface area contributed by atoms with E-state index in [9.17, 15) is 4.79 Å². The average Bonchev–Trinajstić information content (AvgIpc) is 3.15. The predicted octanol–water partition coefficient (Wildman–Crippen LogP) is 4.64. The number of aromatic nitrogens is 1. The van der Waals surface area contributed by atoms with Crippen LogP contribution in [0.4, 0.5) is 0 Å². The second-order valence-electron chi connectivity index (χ2n) is 7.32. The first kappa shape index (κ1) is 22.0. The molecule has 0 saturated carbocycles. The third-order valence-corrected chi connectivity index (χ3v) is 5.48. The summed E-state index contributed by atoms with van der Waals surface area (Å²) >= 11 is 0. The zero-order chi connectivity index (χ0) is 23.4. The molecule has 7 heteroatoms. The van der Waals surface area contributed by atoms with E-state index in [0.717, 1.165) is 27.7 Å². The van der Waals surface area contributed by atoms with Crippen molar-refractivity contribution >= 4 is 23.0 Å². The second-order valence-corrected chi connectivity index (χ2v) is 7.32. The minimum Gasteiger partial charge on any atom is -0.493 e. The van der Waals surface area contributed by atoms with Crippen LogP contribution in [0.15, 0.2) is 71.8 Å². The van der Waals surface area contributed by atoms with Crippen LogP contribution in [0.5, 0.6) is 17.2 Å². The van der Waals surface area contributed by atoms with Crippen molar-refractivity contribution in [3.05, 3.63) is 77.9 Å². The Kier molecular flexibility index (Phi) is 6.31. The molecule has 0 aliphatic rings. The zero-order valence-corrected chi connectivity index (χ0v) is 19.0. The first-order valence-electron chi connectivity index (χ1n) is 10.3. The van der Waals surface area contributed by atoms with E-state index < -0.39 is 5.91 Å². The van der Waals surface area contributed by atoms with Gasteiger partial charge in [0.15, 0.2) is 11.5 Å². The first-order chi connectivity index (χ1) is 16.1. The van der Waals surface area contributed by atoms with Crippen molar-refractivity contribution in [3.8, 4) is 28.5 Å². The van der Waals surface area contributed by atoms with Gasteiger partial charge in [0.05, 0.1) is 33.2 Å². The van der Waals surface area contributed by atoms with E-state index in [2.05, 4.69) is 33.3 Å². The molecule has 0 aliphatic heterocycles. The van der Waals surface area contributed by atoms with Crippen LogP contribution in [-0.4, -0.2) is 38.0 Å². The number of fused-ring (bicyclic) bond motifs is 1. The first-order valence-corrected chi connectivity index (χ1v) is 10.3. The van der Waals surface area contributed by atoms with Gasteiger partial charge in [0.1, 0.15) is 0 Å². The van der Waals surface area contributed by atoms with Gasteiger partial charge >= 0.3 is 0 Å². The van der Waals surface area contributed by atoms with Crippen molar-refractivity contribution in [2.75, 3.05) is 21.3 Å². The molecule has 3 aromatic carbocycles. The number of rotatable bonds is 7. The van der Waals surface area contributed by atoms with Crippen molar-refractivity contribution in [1.29, 1.82) is 0 Å². The van der Waals surface area contributed by atoms with Gasteiger partial charge < -0.3 is 18.8 Å². The molecule has 1 aromatic heterocycles. The fraction of sp³-hybridized carbons (Fsp3) is 0.154. The number of aryl methyl sites for hydroxylation is 1. The van der Waals surface area contributed by atoms with Crippen LogP contribution in [-0.2, 0) is 7.05 Å². The summed E-state index contributed by atoms with van der Waals surface area (Å²) in [5, 5.41) is 5.32. The van der Waals surface area contributed by atoms with Gasteiger partial charge in [-0.2, -0.15) is 5.10 Å². The molecule has 33 heavy (non-hydrogen) atoms. The monoisotopic (exact) mass is 443 g/mol. The Morgan fingerprint density at radius 2 is 1.55 bits per heavy atom. The fourth-order valence-electron chi connectivity index (χ4n) is 3.93. The number of amides is 1. The number of nitrogens with zero attached hydrogens (tertiary/aromatic N) is 2. The normalized spacial score (nSPS) is 11.0. The molecule has 0 bridgehead atoms. The molecule has 0 aliphatic carbocycles. The highest BCUT2D eigenvalue weighted by atomic mass is 16.5. The van der Waals surface area contributed by atoms with Gasteiger partial charge in [0, 0.05) is 29.1 Å². The van der Waals surface area contributed by atoms with Crippen LogP contribution < -0.4 is 19.6 Å². The van der Waals surface area contributed by atoms with E-state index in [4.69, 9.17) is 14.2 Å². The molecule has 0 fully saturated rings. The zero-order valence-electron chi connectivity index (χ0n) is 19.0. The molecule has 1 amide bonds. The van der Waals surface area contributed by atoms with E-state index >= 15 is 0 Å². The lowest BCUT2D eigenvalue weighted by atomic mass is 10.1.